The molecule has 1 N–H and O–H groups in total. The lowest BCUT2D eigenvalue weighted by Crippen LogP contribution is -2.41. The summed E-state index contributed by atoms with van der Waals surface area (Å²) < 4.78 is 5.24. The zero-order valence-corrected chi connectivity index (χ0v) is 15.6. The molecule has 1 fully saturated rings. The molecule has 2 aromatic rings. The summed E-state index contributed by atoms with van der Waals surface area (Å²) in [6.07, 6.45) is 0.280. The number of nitrogens with one attached hydrogen (secondary N) is 1. The Labute approximate surface area is 166 Å². The monoisotopic (exact) mass is 403 g/mol. The van der Waals surface area contributed by atoms with Crippen molar-refractivity contribution in [3.8, 4) is 0 Å². The van der Waals surface area contributed by atoms with E-state index in [0.717, 1.165) is 11.6 Å². The number of nitrogens with zero attached hydrogens (tertiary/aromatic N) is 2. The molecule has 1 aliphatic rings. The molecule has 0 spiro atoms. The minimum absolute atomic E-state index is 0.000530. The van der Waals surface area contributed by atoms with Crippen molar-refractivity contribution in [2.45, 2.75) is 6.42 Å². The molecule has 1 aliphatic heterocycles. The topological polar surface area (TPSA) is 102 Å². The van der Waals surface area contributed by atoms with Crippen molar-refractivity contribution in [2.24, 2.45) is 0 Å². The zero-order chi connectivity index (χ0) is 20.1. The quantitative estimate of drug-likeness (QED) is 0.611. The van der Waals surface area contributed by atoms with Crippen molar-refractivity contribution in [3.05, 3.63) is 68.7 Å². The first-order chi connectivity index (χ1) is 13.4. The summed E-state index contributed by atoms with van der Waals surface area (Å²) in [7, 11) is 0. The number of ether oxygens (including phenoxy) is 1. The molecule has 28 heavy (non-hydrogen) atoms. The molecule has 0 atom stereocenters. The van der Waals surface area contributed by atoms with E-state index in [-0.39, 0.29) is 28.6 Å². The maximum absolute atomic E-state index is 12.3. The van der Waals surface area contributed by atoms with Crippen LogP contribution in [-0.4, -0.2) is 47.9 Å². The molecule has 1 heterocycles. The Morgan fingerprint density at radius 1 is 1.14 bits per heavy atom. The third kappa shape index (κ3) is 4.85. The van der Waals surface area contributed by atoms with Gasteiger partial charge in [-0.25, -0.2) is 0 Å². The Kier molecular flexibility index (Phi) is 6.23. The van der Waals surface area contributed by atoms with Crippen LogP contribution >= 0.6 is 11.6 Å². The van der Waals surface area contributed by atoms with Gasteiger partial charge in [0.2, 0.25) is 5.91 Å². The number of carbonyl (C=O) groups is 2. The van der Waals surface area contributed by atoms with Crippen LogP contribution < -0.4 is 5.32 Å². The number of nitro groups is 1. The lowest BCUT2D eigenvalue weighted by molar-refractivity contribution is -0.384. The summed E-state index contributed by atoms with van der Waals surface area (Å²) >= 11 is 5.97. The summed E-state index contributed by atoms with van der Waals surface area (Å²) in [6.45, 7) is 2.32. The first-order valence-corrected chi connectivity index (χ1v) is 9.01. The third-order valence-corrected chi connectivity index (χ3v) is 4.65. The lowest BCUT2D eigenvalue weighted by atomic mass is 10.1. The van der Waals surface area contributed by atoms with Gasteiger partial charge in [0.15, 0.2) is 0 Å². The average Bonchev–Trinajstić information content (AvgIpc) is 2.69. The summed E-state index contributed by atoms with van der Waals surface area (Å²) in [5.74, 6) is -0.435. The first-order valence-electron chi connectivity index (χ1n) is 8.64. The Morgan fingerprint density at radius 2 is 1.82 bits per heavy atom. The highest BCUT2D eigenvalue weighted by Gasteiger charge is 2.17. The normalized spacial score (nSPS) is 13.8. The highest BCUT2D eigenvalue weighted by Crippen LogP contribution is 2.23. The smallest absolute Gasteiger partial charge is 0.270 e. The highest BCUT2D eigenvalue weighted by atomic mass is 35.5. The molecule has 0 saturated carbocycles. The van der Waals surface area contributed by atoms with Crippen LogP contribution in [0.4, 0.5) is 11.4 Å². The number of carbonyl (C=O) groups excluding carboxylic acids is 2. The van der Waals surface area contributed by atoms with Crippen molar-refractivity contribution >= 4 is 34.8 Å². The van der Waals surface area contributed by atoms with Crippen LogP contribution in [0.15, 0.2) is 42.5 Å². The molecular weight excluding hydrogens is 386 g/mol. The van der Waals surface area contributed by atoms with E-state index in [4.69, 9.17) is 16.3 Å². The van der Waals surface area contributed by atoms with Gasteiger partial charge in [-0.3, -0.25) is 19.7 Å². The molecule has 0 bridgehead atoms. The fourth-order valence-corrected chi connectivity index (χ4v) is 3.07. The summed E-state index contributed by atoms with van der Waals surface area (Å²) in [5.41, 5.74) is 1.32. The van der Waals surface area contributed by atoms with Gasteiger partial charge in [-0.2, -0.15) is 0 Å². The standard InChI is InChI=1S/C19H18ClN3O5/c20-17-12-15(23(26)27)5-6-16(17)19(25)21-14-3-1-13(2-4-14)11-18(24)22-7-9-28-10-8-22/h1-6,12H,7-11H2,(H,21,25). The van der Waals surface area contributed by atoms with E-state index < -0.39 is 10.8 Å². The van der Waals surface area contributed by atoms with Crippen LogP contribution in [0.25, 0.3) is 0 Å². The van der Waals surface area contributed by atoms with Crippen molar-refractivity contribution in [1.29, 1.82) is 0 Å². The molecule has 9 heteroatoms. The van der Waals surface area contributed by atoms with Crippen LogP contribution in [0, 0.1) is 10.1 Å². The van der Waals surface area contributed by atoms with E-state index in [2.05, 4.69) is 5.32 Å². The molecule has 0 unspecified atom stereocenters. The number of amides is 2. The van der Waals surface area contributed by atoms with Gasteiger partial charge in [0, 0.05) is 30.9 Å². The Balaban J connectivity index is 1.61. The number of rotatable bonds is 5. The van der Waals surface area contributed by atoms with Crippen molar-refractivity contribution in [3.63, 3.8) is 0 Å². The van der Waals surface area contributed by atoms with E-state index in [9.17, 15) is 19.7 Å². The molecule has 0 radical (unpaired) electrons. The molecule has 2 aromatic carbocycles. The van der Waals surface area contributed by atoms with Gasteiger partial charge >= 0.3 is 0 Å². The van der Waals surface area contributed by atoms with Crippen molar-refractivity contribution in [1.82, 2.24) is 4.90 Å². The van der Waals surface area contributed by atoms with Crippen LogP contribution in [0.3, 0.4) is 0 Å². The molecule has 2 amide bonds. The van der Waals surface area contributed by atoms with Gasteiger partial charge in [-0.15, -0.1) is 0 Å². The summed E-state index contributed by atoms with van der Waals surface area (Å²) in [4.78, 5) is 36.6. The van der Waals surface area contributed by atoms with Crippen LogP contribution in [0.1, 0.15) is 15.9 Å². The van der Waals surface area contributed by atoms with E-state index in [0.29, 0.717) is 32.0 Å². The fourth-order valence-electron chi connectivity index (χ4n) is 2.81. The van der Waals surface area contributed by atoms with Gasteiger partial charge in [0.25, 0.3) is 11.6 Å². The number of halogens is 1. The van der Waals surface area contributed by atoms with Crippen molar-refractivity contribution < 1.29 is 19.2 Å². The second-order valence-electron chi connectivity index (χ2n) is 6.24. The lowest BCUT2D eigenvalue weighted by Gasteiger charge is -2.26. The predicted molar refractivity (Wildman–Crippen MR) is 104 cm³/mol. The van der Waals surface area contributed by atoms with Crippen molar-refractivity contribution in [2.75, 3.05) is 31.6 Å². The molecule has 8 nitrogen and oxygen atoms in total. The second kappa shape index (κ2) is 8.81. The molecular formula is C19H18ClN3O5. The molecule has 0 aromatic heterocycles. The third-order valence-electron chi connectivity index (χ3n) is 4.34. The number of anilines is 1. The Bertz CT molecular complexity index is 895. The van der Waals surface area contributed by atoms with Gasteiger partial charge in [-0.1, -0.05) is 23.7 Å². The minimum atomic E-state index is -0.579. The molecule has 3 rings (SSSR count). The molecule has 0 aliphatic carbocycles. The highest BCUT2D eigenvalue weighted by molar-refractivity contribution is 6.34. The average molecular weight is 404 g/mol. The largest absolute Gasteiger partial charge is 0.378 e. The number of hydrogen-bond acceptors (Lipinski definition) is 5. The number of hydrogen-bond donors (Lipinski definition) is 1. The van der Waals surface area contributed by atoms with Gasteiger partial charge in [0.1, 0.15) is 0 Å². The van der Waals surface area contributed by atoms with Crippen LogP contribution in [0.2, 0.25) is 5.02 Å². The SMILES string of the molecule is O=C(Nc1ccc(CC(=O)N2CCOCC2)cc1)c1ccc([N+](=O)[O-])cc1Cl. The minimum Gasteiger partial charge on any atom is -0.378 e. The molecule has 1 saturated heterocycles. The van der Waals surface area contributed by atoms with E-state index in [1.165, 1.54) is 12.1 Å². The number of morpholine rings is 1. The number of benzene rings is 2. The Hall–Kier alpha value is -2.97. The molecule has 146 valence electrons. The maximum Gasteiger partial charge on any atom is 0.270 e. The number of nitro benzene ring substituents is 1. The van der Waals surface area contributed by atoms with E-state index >= 15 is 0 Å². The fraction of sp³-hybridized carbons (Fsp3) is 0.263. The predicted octanol–water partition coefficient (Wildman–Crippen LogP) is 2.90. The first kappa shape index (κ1) is 19.8. The number of non-ortho nitro benzene ring substituents is 1. The second-order valence-corrected chi connectivity index (χ2v) is 6.65. The van der Waals surface area contributed by atoms with E-state index in [1.807, 2.05) is 0 Å². The van der Waals surface area contributed by atoms with Gasteiger partial charge < -0.3 is 15.0 Å². The Morgan fingerprint density at radius 3 is 2.43 bits per heavy atom. The summed E-state index contributed by atoms with van der Waals surface area (Å²) in [6, 6.07) is 10.6. The van der Waals surface area contributed by atoms with E-state index in [1.54, 1.807) is 29.2 Å². The van der Waals surface area contributed by atoms with Crippen LogP contribution in [0.5, 0.6) is 0 Å². The zero-order valence-electron chi connectivity index (χ0n) is 14.9. The maximum atomic E-state index is 12.3. The van der Waals surface area contributed by atoms with Gasteiger partial charge in [0.05, 0.1) is 35.1 Å². The van der Waals surface area contributed by atoms with Gasteiger partial charge in [-0.05, 0) is 23.8 Å². The van der Waals surface area contributed by atoms with Crippen LogP contribution in [-0.2, 0) is 16.0 Å². The summed E-state index contributed by atoms with van der Waals surface area (Å²) in [5, 5.41) is 13.4.